The monoisotopic (exact) mass is 292 g/mol. The van der Waals surface area contributed by atoms with E-state index in [0.717, 1.165) is 5.56 Å². The van der Waals surface area contributed by atoms with E-state index in [4.69, 9.17) is 0 Å². The van der Waals surface area contributed by atoms with E-state index < -0.39 is 23.4 Å². The summed E-state index contributed by atoms with van der Waals surface area (Å²) in [7, 11) is 0. The zero-order valence-electron chi connectivity index (χ0n) is 10.9. The number of rotatable bonds is 4. The molecule has 0 N–H and O–H groups in total. The molecule has 1 aliphatic carbocycles. The quantitative estimate of drug-likeness (QED) is 0.725. The number of alkyl halides is 4. The van der Waals surface area contributed by atoms with Crippen molar-refractivity contribution in [2.75, 3.05) is 0 Å². The molecule has 1 aromatic rings. The van der Waals surface area contributed by atoms with Crippen LogP contribution < -0.4 is 0 Å². The molecule has 0 bridgehead atoms. The molecule has 0 fully saturated rings. The molecule has 1 nitrogen and oxygen atoms in total. The lowest BCUT2D eigenvalue weighted by Crippen LogP contribution is -2.53. The van der Waals surface area contributed by atoms with Gasteiger partial charge in [0, 0.05) is 0 Å². The van der Waals surface area contributed by atoms with Crippen molar-refractivity contribution in [2.45, 2.75) is 38.2 Å². The minimum atomic E-state index is -4.76. The van der Waals surface area contributed by atoms with Crippen LogP contribution in [0.1, 0.15) is 30.9 Å². The Kier molecular flexibility index (Phi) is 3.52. The molecule has 0 heterocycles. The van der Waals surface area contributed by atoms with E-state index in [1.54, 1.807) is 24.3 Å². The maximum atomic E-state index is 12.9. The van der Waals surface area contributed by atoms with Crippen molar-refractivity contribution < 1.29 is 26.7 Å². The molecule has 0 aromatic heterocycles. The van der Waals surface area contributed by atoms with Crippen LogP contribution in [-0.4, -0.2) is 11.8 Å². The van der Waals surface area contributed by atoms with Crippen LogP contribution >= 0.6 is 0 Å². The van der Waals surface area contributed by atoms with Gasteiger partial charge in [0.25, 0.3) is 0 Å². The van der Waals surface area contributed by atoms with Gasteiger partial charge in [-0.2, -0.15) is 17.6 Å². The molecule has 0 spiro atoms. The molecular formula is C14H13F5O. The van der Waals surface area contributed by atoms with Crippen LogP contribution in [-0.2, 0) is 11.3 Å². The Morgan fingerprint density at radius 3 is 2.00 bits per heavy atom. The van der Waals surface area contributed by atoms with Gasteiger partial charge < -0.3 is 4.74 Å². The Balaban J connectivity index is 2.05. The first-order valence-electron chi connectivity index (χ1n) is 6.06. The lowest BCUT2D eigenvalue weighted by molar-refractivity contribution is -0.233. The SMILES string of the molecule is CC(C)c1ccc(COC2=C(F)C(F)(F)C2(F)F)cc1. The van der Waals surface area contributed by atoms with Crippen LogP contribution in [0.5, 0.6) is 0 Å². The standard InChI is InChI=1S/C14H13F5O/c1-8(2)10-5-3-9(4-6-10)7-20-12-11(15)13(16,17)14(12,18)19/h3-6,8H,7H2,1-2H3. The van der Waals surface area contributed by atoms with Crippen molar-refractivity contribution in [1.29, 1.82) is 0 Å². The molecule has 110 valence electrons. The van der Waals surface area contributed by atoms with Gasteiger partial charge in [-0.1, -0.05) is 38.1 Å². The molecule has 0 radical (unpaired) electrons. The molecule has 0 amide bonds. The molecular weight excluding hydrogens is 279 g/mol. The fourth-order valence-electron chi connectivity index (χ4n) is 1.81. The smallest absolute Gasteiger partial charge is 0.375 e. The van der Waals surface area contributed by atoms with E-state index >= 15 is 0 Å². The minimum Gasteiger partial charge on any atom is -0.484 e. The van der Waals surface area contributed by atoms with Crippen molar-refractivity contribution in [3.8, 4) is 0 Å². The van der Waals surface area contributed by atoms with Gasteiger partial charge in [0.15, 0.2) is 0 Å². The molecule has 1 aliphatic rings. The lowest BCUT2D eigenvalue weighted by atomic mass is 9.96. The molecule has 2 rings (SSSR count). The molecule has 0 aliphatic heterocycles. The highest BCUT2D eigenvalue weighted by molar-refractivity contribution is 5.35. The highest BCUT2D eigenvalue weighted by Crippen LogP contribution is 2.56. The Bertz CT molecular complexity index is 531. The zero-order chi connectivity index (χ0) is 15.1. The third-order valence-corrected chi connectivity index (χ3v) is 3.18. The largest absolute Gasteiger partial charge is 0.484 e. The first-order valence-corrected chi connectivity index (χ1v) is 6.06. The van der Waals surface area contributed by atoms with E-state index in [1.165, 1.54) is 0 Å². The zero-order valence-corrected chi connectivity index (χ0v) is 10.9. The second-order valence-corrected chi connectivity index (χ2v) is 4.98. The number of halogens is 5. The van der Waals surface area contributed by atoms with E-state index in [-0.39, 0.29) is 6.61 Å². The Morgan fingerprint density at radius 1 is 1.00 bits per heavy atom. The highest BCUT2D eigenvalue weighted by Gasteiger charge is 2.74. The first-order chi connectivity index (χ1) is 9.18. The fourth-order valence-corrected chi connectivity index (χ4v) is 1.81. The maximum absolute atomic E-state index is 12.9. The summed E-state index contributed by atoms with van der Waals surface area (Å²) in [4.78, 5) is 0. The minimum absolute atomic E-state index is 0.305. The number of ether oxygens (including phenoxy) is 1. The molecule has 0 saturated heterocycles. The predicted molar refractivity (Wildman–Crippen MR) is 63.3 cm³/mol. The Hall–Kier alpha value is -1.59. The Morgan fingerprint density at radius 2 is 1.55 bits per heavy atom. The highest BCUT2D eigenvalue weighted by atomic mass is 19.3. The van der Waals surface area contributed by atoms with Gasteiger partial charge in [-0.15, -0.1) is 0 Å². The topological polar surface area (TPSA) is 9.23 Å². The summed E-state index contributed by atoms with van der Waals surface area (Å²) in [6, 6.07) is 6.81. The summed E-state index contributed by atoms with van der Waals surface area (Å²) in [5.41, 5.74) is 1.54. The molecule has 0 saturated carbocycles. The average Bonchev–Trinajstić information content (AvgIpc) is 2.38. The van der Waals surface area contributed by atoms with E-state index in [1.807, 2.05) is 13.8 Å². The molecule has 20 heavy (non-hydrogen) atoms. The summed E-state index contributed by atoms with van der Waals surface area (Å²) in [6.45, 7) is 3.60. The maximum Gasteiger partial charge on any atom is 0.375 e. The third kappa shape index (κ3) is 2.17. The fraction of sp³-hybridized carbons (Fsp3) is 0.429. The summed E-state index contributed by atoms with van der Waals surface area (Å²) >= 11 is 0. The van der Waals surface area contributed by atoms with Crippen LogP contribution in [0.15, 0.2) is 35.9 Å². The van der Waals surface area contributed by atoms with Gasteiger partial charge >= 0.3 is 11.8 Å². The van der Waals surface area contributed by atoms with Gasteiger partial charge in [0.2, 0.25) is 11.6 Å². The van der Waals surface area contributed by atoms with Crippen LogP contribution in [0.25, 0.3) is 0 Å². The van der Waals surface area contributed by atoms with Crippen LogP contribution in [0.2, 0.25) is 0 Å². The van der Waals surface area contributed by atoms with E-state index in [9.17, 15) is 22.0 Å². The van der Waals surface area contributed by atoms with Crippen LogP contribution in [0.4, 0.5) is 22.0 Å². The normalized spacial score (nSPS) is 20.0. The number of hydrogen-bond acceptors (Lipinski definition) is 1. The van der Waals surface area contributed by atoms with Gasteiger partial charge in [-0.3, -0.25) is 0 Å². The summed E-state index contributed by atoms with van der Waals surface area (Å²) in [6.07, 6.45) is 0. The van der Waals surface area contributed by atoms with Crippen molar-refractivity contribution >= 4 is 0 Å². The molecule has 0 atom stereocenters. The van der Waals surface area contributed by atoms with Crippen molar-refractivity contribution in [1.82, 2.24) is 0 Å². The number of benzene rings is 1. The van der Waals surface area contributed by atoms with Gasteiger partial charge in [0.1, 0.15) is 6.61 Å². The lowest BCUT2D eigenvalue weighted by Gasteiger charge is -2.35. The van der Waals surface area contributed by atoms with E-state index in [0.29, 0.717) is 11.5 Å². The van der Waals surface area contributed by atoms with Crippen molar-refractivity contribution in [3.63, 3.8) is 0 Å². The summed E-state index contributed by atoms with van der Waals surface area (Å²) in [5.74, 6) is -12.8. The van der Waals surface area contributed by atoms with Gasteiger partial charge in [-0.25, -0.2) is 4.39 Å². The van der Waals surface area contributed by atoms with Gasteiger partial charge in [0.05, 0.1) is 0 Å². The second kappa shape index (κ2) is 4.75. The molecule has 6 heteroatoms. The predicted octanol–water partition coefficient (Wildman–Crippen LogP) is 4.79. The first kappa shape index (κ1) is 14.8. The number of hydrogen-bond donors (Lipinski definition) is 0. The van der Waals surface area contributed by atoms with Crippen LogP contribution in [0, 0.1) is 0 Å². The Labute approximate surface area is 113 Å². The molecule has 1 aromatic carbocycles. The summed E-state index contributed by atoms with van der Waals surface area (Å²) < 4.78 is 68.3. The van der Waals surface area contributed by atoms with E-state index in [2.05, 4.69) is 4.74 Å². The van der Waals surface area contributed by atoms with Crippen molar-refractivity contribution in [2.24, 2.45) is 0 Å². The number of allylic oxidation sites excluding steroid dienone is 2. The molecule has 0 unspecified atom stereocenters. The van der Waals surface area contributed by atoms with Crippen molar-refractivity contribution in [3.05, 3.63) is 47.0 Å². The van der Waals surface area contributed by atoms with Crippen LogP contribution in [0.3, 0.4) is 0 Å². The van der Waals surface area contributed by atoms with Gasteiger partial charge in [-0.05, 0) is 17.0 Å². The third-order valence-electron chi connectivity index (χ3n) is 3.18. The summed E-state index contributed by atoms with van der Waals surface area (Å²) in [5, 5.41) is 0. The second-order valence-electron chi connectivity index (χ2n) is 4.98. The average molecular weight is 292 g/mol.